The van der Waals surface area contributed by atoms with Crippen molar-refractivity contribution in [2.24, 2.45) is 0 Å². The van der Waals surface area contributed by atoms with Crippen LogP contribution in [0.2, 0.25) is 0 Å². The molecule has 0 aliphatic carbocycles. The second kappa shape index (κ2) is 5.04. The van der Waals surface area contributed by atoms with Gasteiger partial charge in [0.25, 0.3) is 0 Å². The van der Waals surface area contributed by atoms with Crippen molar-refractivity contribution in [1.82, 2.24) is 4.98 Å². The number of nitrogens with two attached hydrogens (primary N) is 1. The summed E-state index contributed by atoms with van der Waals surface area (Å²) in [6, 6.07) is 8.88. The summed E-state index contributed by atoms with van der Waals surface area (Å²) in [5.74, 6) is -0.285. The molecule has 94 valence electrons. The highest BCUT2D eigenvalue weighted by Gasteiger charge is 2.04. The molecule has 3 nitrogen and oxygen atoms in total. The van der Waals surface area contributed by atoms with Crippen molar-refractivity contribution in [3.8, 4) is 0 Å². The van der Waals surface area contributed by atoms with Gasteiger partial charge < -0.3 is 11.1 Å². The van der Waals surface area contributed by atoms with Gasteiger partial charge in [0.15, 0.2) is 0 Å². The molecule has 0 spiro atoms. The molecule has 0 amide bonds. The average molecular weight is 245 g/mol. The molecule has 0 saturated carbocycles. The molecule has 0 saturated heterocycles. The first-order valence-electron chi connectivity index (χ1n) is 5.78. The number of nitrogen functional groups attached to an aromatic ring is 1. The fourth-order valence-corrected chi connectivity index (χ4v) is 1.73. The van der Waals surface area contributed by atoms with Gasteiger partial charge >= 0.3 is 0 Å². The smallest absolute Gasteiger partial charge is 0.128 e. The number of hydrogen-bond donors (Lipinski definition) is 2. The van der Waals surface area contributed by atoms with Crippen molar-refractivity contribution < 1.29 is 4.39 Å². The highest BCUT2D eigenvalue weighted by Crippen LogP contribution is 2.22. The van der Waals surface area contributed by atoms with Gasteiger partial charge in [-0.25, -0.2) is 4.39 Å². The van der Waals surface area contributed by atoms with Crippen LogP contribution < -0.4 is 11.1 Å². The Morgan fingerprint density at radius 3 is 2.78 bits per heavy atom. The van der Waals surface area contributed by atoms with E-state index in [0.29, 0.717) is 17.8 Å². The van der Waals surface area contributed by atoms with Crippen LogP contribution in [0.25, 0.3) is 0 Å². The van der Waals surface area contributed by atoms with E-state index in [-0.39, 0.29) is 5.82 Å². The molecule has 18 heavy (non-hydrogen) atoms. The summed E-state index contributed by atoms with van der Waals surface area (Å²) in [6.07, 6.45) is 0. The predicted molar refractivity (Wildman–Crippen MR) is 71.9 cm³/mol. The summed E-state index contributed by atoms with van der Waals surface area (Å²) in [7, 11) is 0. The van der Waals surface area contributed by atoms with Crippen LogP contribution in [0.5, 0.6) is 0 Å². The molecular weight excluding hydrogens is 229 g/mol. The molecule has 1 aromatic heterocycles. The number of rotatable bonds is 3. The Balaban J connectivity index is 2.13. The van der Waals surface area contributed by atoms with Gasteiger partial charge in [0, 0.05) is 5.69 Å². The summed E-state index contributed by atoms with van der Waals surface area (Å²) in [4.78, 5) is 4.38. The topological polar surface area (TPSA) is 50.9 Å². The zero-order valence-corrected chi connectivity index (χ0v) is 10.5. The number of anilines is 2. The van der Waals surface area contributed by atoms with Gasteiger partial charge in [0.2, 0.25) is 0 Å². The third-order valence-electron chi connectivity index (χ3n) is 2.74. The van der Waals surface area contributed by atoms with Crippen molar-refractivity contribution in [2.75, 3.05) is 11.1 Å². The van der Waals surface area contributed by atoms with E-state index >= 15 is 0 Å². The van der Waals surface area contributed by atoms with Gasteiger partial charge in [-0.2, -0.15) is 0 Å². The average Bonchev–Trinajstić information content (AvgIpc) is 2.32. The van der Waals surface area contributed by atoms with Crippen LogP contribution in [0, 0.1) is 19.7 Å². The van der Waals surface area contributed by atoms with E-state index in [1.165, 1.54) is 6.07 Å². The Kier molecular flexibility index (Phi) is 3.46. The number of nitrogens with one attached hydrogen (secondary N) is 1. The molecule has 0 aliphatic rings. The minimum atomic E-state index is -0.285. The Morgan fingerprint density at radius 1 is 1.28 bits per heavy atom. The summed E-state index contributed by atoms with van der Waals surface area (Å²) in [5.41, 5.74) is 9.37. The number of aromatic nitrogens is 1. The van der Waals surface area contributed by atoms with Crippen molar-refractivity contribution in [1.29, 1.82) is 0 Å². The van der Waals surface area contributed by atoms with Gasteiger partial charge in [-0.05, 0) is 43.7 Å². The minimum Gasteiger partial charge on any atom is -0.397 e. The molecule has 2 aromatic rings. The molecule has 1 heterocycles. The first kappa shape index (κ1) is 12.4. The van der Waals surface area contributed by atoms with Gasteiger partial charge in [-0.3, -0.25) is 4.98 Å². The van der Waals surface area contributed by atoms with Crippen molar-refractivity contribution in [3.63, 3.8) is 0 Å². The number of benzene rings is 1. The molecule has 0 bridgehead atoms. The normalized spacial score (nSPS) is 10.4. The van der Waals surface area contributed by atoms with E-state index in [0.717, 1.165) is 17.1 Å². The lowest BCUT2D eigenvalue weighted by Gasteiger charge is -2.10. The van der Waals surface area contributed by atoms with Crippen LogP contribution in [0.3, 0.4) is 0 Å². The van der Waals surface area contributed by atoms with Crippen LogP contribution >= 0.6 is 0 Å². The maximum absolute atomic E-state index is 13.3. The molecule has 0 aliphatic heterocycles. The fourth-order valence-electron chi connectivity index (χ4n) is 1.73. The molecule has 0 fully saturated rings. The van der Waals surface area contributed by atoms with Gasteiger partial charge in [0.05, 0.1) is 23.6 Å². The van der Waals surface area contributed by atoms with E-state index in [1.54, 1.807) is 13.0 Å². The van der Waals surface area contributed by atoms with Crippen molar-refractivity contribution >= 4 is 11.4 Å². The summed E-state index contributed by atoms with van der Waals surface area (Å²) >= 11 is 0. The summed E-state index contributed by atoms with van der Waals surface area (Å²) in [6.45, 7) is 4.22. The highest BCUT2D eigenvalue weighted by molar-refractivity contribution is 5.67. The SMILES string of the molecule is Cc1cccc(CNc2cc(C)c(F)cc2N)n1. The molecule has 4 heteroatoms. The molecule has 1 aromatic carbocycles. The Hall–Kier alpha value is -2.10. The number of aryl methyl sites for hydroxylation is 2. The predicted octanol–water partition coefficient (Wildman–Crippen LogP) is 3.03. The van der Waals surface area contributed by atoms with Crippen LogP contribution in [-0.4, -0.2) is 4.98 Å². The largest absolute Gasteiger partial charge is 0.397 e. The molecule has 3 N–H and O–H groups in total. The summed E-state index contributed by atoms with van der Waals surface area (Å²) in [5, 5.41) is 3.17. The summed E-state index contributed by atoms with van der Waals surface area (Å²) < 4.78 is 13.3. The number of pyridine rings is 1. The first-order chi connectivity index (χ1) is 8.56. The maximum atomic E-state index is 13.3. The standard InChI is InChI=1S/C14H16FN3/c1-9-6-14(13(16)7-12(9)15)17-8-11-5-3-4-10(2)18-11/h3-7,17H,8,16H2,1-2H3. The van der Waals surface area contributed by atoms with E-state index in [1.807, 2.05) is 25.1 Å². The van der Waals surface area contributed by atoms with Crippen LogP contribution in [0.1, 0.15) is 17.0 Å². The highest BCUT2D eigenvalue weighted by atomic mass is 19.1. The maximum Gasteiger partial charge on any atom is 0.128 e. The second-order valence-corrected chi connectivity index (χ2v) is 4.31. The Labute approximate surface area is 106 Å². The molecule has 0 unspecified atom stereocenters. The Morgan fingerprint density at radius 2 is 2.06 bits per heavy atom. The number of hydrogen-bond acceptors (Lipinski definition) is 3. The lowest BCUT2D eigenvalue weighted by Crippen LogP contribution is -2.05. The van der Waals surface area contributed by atoms with Crippen molar-refractivity contribution in [2.45, 2.75) is 20.4 Å². The zero-order chi connectivity index (χ0) is 13.1. The van der Waals surface area contributed by atoms with Crippen LogP contribution in [0.4, 0.5) is 15.8 Å². The van der Waals surface area contributed by atoms with Gasteiger partial charge in [0.1, 0.15) is 5.82 Å². The minimum absolute atomic E-state index is 0.285. The monoisotopic (exact) mass is 245 g/mol. The lowest BCUT2D eigenvalue weighted by atomic mass is 10.1. The third kappa shape index (κ3) is 2.77. The van der Waals surface area contributed by atoms with Crippen molar-refractivity contribution in [3.05, 3.63) is 53.1 Å². The molecule has 0 atom stereocenters. The quantitative estimate of drug-likeness (QED) is 0.817. The molecule has 2 rings (SSSR count). The third-order valence-corrected chi connectivity index (χ3v) is 2.74. The van der Waals surface area contributed by atoms with Crippen LogP contribution in [0.15, 0.2) is 30.3 Å². The van der Waals surface area contributed by atoms with E-state index < -0.39 is 0 Å². The molecule has 0 radical (unpaired) electrons. The zero-order valence-electron chi connectivity index (χ0n) is 10.5. The van der Waals surface area contributed by atoms with Gasteiger partial charge in [-0.15, -0.1) is 0 Å². The van der Waals surface area contributed by atoms with Gasteiger partial charge in [-0.1, -0.05) is 6.07 Å². The number of halogens is 1. The Bertz CT molecular complexity index is 567. The lowest BCUT2D eigenvalue weighted by molar-refractivity contribution is 0.619. The van der Waals surface area contributed by atoms with E-state index in [2.05, 4.69) is 10.3 Å². The second-order valence-electron chi connectivity index (χ2n) is 4.31. The van der Waals surface area contributed by atoms with E-state index in [4.69, 9.17) is 5.73 Å². The molecular formula is C14H16FN3. The van der Waals surface area contributed by atoms with E-state index in [9.17, 15) is 4.39 Å². The first-order valence-corrected chi connectivity index (χ1v) is 5.78. The van der Waals surface area contributed by atoms with Crippen LogP contribution in [-0.2, 0) is 6.54 Å². The number of nitrogens with zero attached hydrogens (tertiary/aromatic N) is 1. The fraction of sp³-hybridized carbons (Fsp3) is 0.214.